The van der Waals surface area contributed by atoms with Gasteiger partial charge in [0, 0.05) is 18.0 Å². The minimum atomic E-state index is -0.554. The number of thioether (sulfide) groups is 1. The number of hydrogen-bond acceptors (Lipinski definition) is 4. The molecule has 0 aliphatic heterocycles. The van der Waals surface area contributed by atoms with Crippen LogP contribution in [0.25, 0.3) is 0 Å². The summed E-state index contributed by atoms with van der Waals surface area (Å²) in [5.41, 5.74) is 0.926. The minimum absolute atomic E-state index is 0.0696. The molecule has 0 heterocycles. The van der Waals surface area contributed by atoms with E-state index in [0.717, 1.165) is 29.1 Å². The van der Waals surface area contributed by atoms with Crippen LogP contribution in [-0.2, 0) is 16.1 Å². The summed E-state index contributed by atoms with van der Waals surface area (Å²) in [5, 5.41) is 2.94. The molecule has 1 atom stereocenters. The van der Waals surface area contributed by atoms with Gasteiger partial charge < -0.3 is 15.0 Å². The number of hydrogen-bond donors (Lipinski definition) is 1. The zero-order chi connectivity index (χ0) is 21.1. The van der Waals surface area contributed by atoms with Crippen molar-refractivity contribution < 1.29 is 14.3 Å². The lowest BCUT2D eigenvalue weighted by molar-refractivity contribution is -0.138. The van der Waals surface area contributed by atoms with E-state index in [0.29, 0.717) is 13.1 Å². The molecule has 2 rings (SSSR count). The number of unbranched alkanes of at least 4 members (excludes halogenated alkanes) is 1. The maximum atomic E-state index is 13.0. The van der Waals surface area contributed by atoms with Gasteiger partial charge in [-0.3, -0.25) is 9.59 Å². The first-order valence-corrected chi connectivity index (χ1v) is 10.9. The van der Waals surface area contributed by atoms with Gasteiger partial charge in [0.2, 0.25) is 11.8 Å². The average molecular weight is 415 g/mol. The molecule has 1 N–H and O–H groups in total. The van der Waals surface area contributed by atoms with Crippen molar-refractivity contribution in [3.8, 4) is 5.75 Å². The smallest absolute Gasteiger partial charge is 0.242 e. The van der Waals surface area contributed by atoms with E-state index >= 15 is 0 Å². The van der Waals surface area contributed by atoms with Gasteiger partial charge in [-0.1, -0.05) is 43.7 Å². The number of amides is 2. The molecule has 0 unspecified atom stereocenters. The van der Waals surface area contributed by atoms with E-state index in [1.165, 1.54) is 11.8 Å². The Kier molecular flexibility index (Phi) is 9.57. The van der Waals surface area contributed by atoms with E-state index in [4.69, 9.17) is 4.74 Å². The second kappa shape index (κ2) is 12.2. The molecule has 29 heavy (non-hydrogen) atoms. The van der Waals surface area contributed by atoms with Gasteiger partial charge in [0.25, 0.3) is 0 Å². The van der Waals surface area contributed by atoms with Crippen molar-refractivity contribution in [2.45, 2.75) is 44.2 Å². The van der Waals surface area contributed by atoms with Gasteiger partial charge in [0.15, 0.2) is 0 Å². The predicted octanol–water partition coefficient (Wildman–Crippen LogP) is 4.12. The van der Waals surface area contributed by atoms with Crippen LogP contribution >= 0.6 is 11.8 Å². The molecule has 2 aromatic rings. The number of carbonyl (C=O) groups is 2. The average Bonchev–Trinajstić information content (AvgIpc) is 2.76. The normalized spacial score (nSPS) is 11.6. The summed E-state index contributed by atoms with van der Waals surface area (Å²) in [6.45, 7) is 4.84. The van der Waals surface area contributed by atoms with Gasteiger partial charge in [-0.15, -0.1) is 11.8 Å². The third-order valence-electron chi connectivity index (χ3n) is 4.59. The summed E-state index contributed by atoms with van der Waals surface area (Å²) in [5.74, 6) is 0.813. The standard InChI is InChI=1S/C23H30N2O3S/c1-4-5-14-24-23(27)18(2)25(16-19-10-9-11-20(15-19)28-3)22(26)17-29-21-12-7-6-8-13-21/h6-13,15,18H,4-5,14,16-17H2,1-3H3,(H,24,27)/t18-/m1/s1. The van der Waals surface area contributed by atoms with Crippen LogP contribution in [0.4, 0.5) is 0 Å². The SMILES string of the molecule is CCCCNC(=O)[C@@H](C)N(Cc1cccc(OC)c1)C(=O)CSc1ccccc1. The van der Waals surface area contributed by atoms with E-state index in [2.05, 4.69) is 12.2 Å². The van der Waals surface area contributed by atoms with Crippen molar-refractivity contribution in [3.63, 3.8) is 0 Å². The van der Waals surface area contributed by atoms with Crippen molar-refractivity contribution in [1.29, 1.82) is 0 Å². The Bertz CT molecular complexity index is 783. The highest BCUT2D eigenvalue weighted by Gasteiger charge is 2.26. The fourth-order valence-electron chi connectivity index (χ4n) is 2.83. The van der Waals surface area contributed by atoms with E-state index < -0.39 is 6.04 Å². The molecule has 5 nitrogen and oxygen atoms in total. The maximum absolute atomic E-state index is 13.0. The summed E-state index contributed by atoms with van der Waals surface area (Å²) in [4.78, 5) is 28.3. The van der Waals surface area contributed by atoms with Crippen molar-refractivity contribution >= 4 is 23.6 Å². The quantitative estimate of drug-likeness (QED) is 0.444. The van der Waals surface area contributed by atoms with Gasteiger partial charge >= 0.3 is 0 Å². The van der Waals surface area contributed by atoms with Gasteiger partial charge in [-0.05, 0) is 43.2 Å². The predicted molar refractivity (Wildman–Crippen MR) is 118 cm³/mol. The Balaban J connectivity index is 2.12. The lowest BCUT2D eigenvalue weighted by Gasteiger charge is -2.29. The molecule has 0 saturated heterocycles. The van der Waals surface area contributed by atoms with Crippen LogP contribution in [0.5, 0.6) is 5.75 Å². The van der Waals surface area contributed by atoms with Crippen LogP contribution in [0.2, 0.25) is 0 Å². The van der Waals surface area contributed by atoms with E-state index in [1.54, 1.807) is 18.9 Å². The molecule has 0 saturated carbocycles. The summed E-state index contributed by atoms with van der Waals surface area (Å²) in [7, 11) is 1.61. The van der Waals surface area contributed by atoms with Crippen LogP contribution in [-0.4, -0.2) is 42.2 Å². The third-order valence-corrected chi connectivity index (χ3v) is 5.59. The Morgan fingerprint density at radius 2 is 1.90 bits per heavy atom. The molecular weight excluding hydrogens is 384 g/mol. The fourth-order valence-corrected chi connectivity index (χ4v) is 3.64. The second-order valence-electron chi connectivity index (χ2n) is 6.80. The molecule has 0 aromatic heterocycles. The molecule has 156 valence electrons. The summed E-state index contributed by atoms with van der Waals surface area (Å²) < 4.78 is 5.29. The first-order valence-electron chi connectivity index (χ1n) is 9.93. The third kappa shape index (κ3) is 7.46. The Morgan fingerprint density at radius 1 is 1.14 bits per heavy atom. The largest absolute Gasteiger partial charge is 0.497 e. The highest BCUT2D eigenvalue weighted by molar-refractivity contribution is 8.00. The number of benzene rings is 2. The Morgan fingerprint density at radius 3 is 2.59 bits per heavy atom. The summed E-state index contributed by atoms with van der Waals surface area (Å²) in [6, 6.07) is 16.8. The molecular formula is C23H30N2O3S. The number of ether oxygens (including phenoxy) is 1. The summed E-state index contributed by atoms with van der Waals surface area (Å²) >= 11 is 1.48. The molecule has 2 amide bonds. The lowest BCUT2D eigenvalue weighted by atomic mass is 10.1. The second-order valence-corrected chi connectivity index (χ2v) is 7.84. The monoisotopic (exact) mass is 414 g/mol. The summed E-state index contributed by atoms with van der Waals surface area (Å²) in [6.07, 6.45) is 1.93. The van der Waals surface area contributed by atoms with Crippen LogP contribution in [0.15, 0.2) is 59.5 Å². The van der Waals surface area contributed by atoms with Crippen LogP contribution in [0, 0.1) is 0 Å². The van der Waals surface area contributed by atoms with Crippen LogP contribution in [0.3, 0.4) is 0 Å². The van der Waals surface area contributed by atoms with E-state index in [9.17, 15) is 9.59 Å². The molecule has 2 aromatic carbocycles. The molecule has 0 aliphatic rings. The highest BCUT2D eigenvalue weighted by atomic mass is 32.2. The number of rotatable bonds is 11. The zero-order valence-corrected chi connectivity index (χ0v) is 18.2. The van der Waals surface area contributed by atoms with Gasteiger partial charge in [0.1, 0.15) is 11.8 Å². The number of nitrogens with one attached hydrogen (secondary N) is 1. The maximum Gasteiger partial charge on any atom is 0.242 e. The number of carbonyl (C=O) groups excluding carboxylic acids is 2. The lowest BCUT2D eigenvalue weighted by Crippen LogP contribution is -2.48. The zero-order valence-electron chi connectivity index (χ0n) is 17.4. The molecule has 0 radical (unpaired) electrons. The van der Waals surface area contributed by atoms with Gasteiger partial charge in [-0.2, -0.15) is 0 Å². The Labute approximate surface area is 177 Å². The molecule has 0 aliphatic carbocycles. The van der Waals surface area contributed by atoms with Crippen molar-refractivity contribution in [3.05, 3.63) is 60.2 Å². The number of nitrogens with zero attached hydrogens (tertiary/aromatic N) is 1. The first kappa shape index (κ1) is 22.8. The van der Waals surface area contributed by atoms with Gasteiger partial charge in [-0.25, -0.2) is 0 Å². The minimum Gasteiger partial charge on any atom is -0.497 e. The number of methoxy groups -OCH3 is 1. The Hall–Kier alpha value is -2.47. The molecule has 0 fully saturated rings. The van der Waals surface area contributed by atoms with E-state index in [1.807, 2.05) is 54.6 Å². The van der Waals surface area contributed by atoms with E-state index in [-0.39, 0.29) is 17.6 Å². The van der Waals surface area contributed by atoms with Crippen molar-refractivity contribution in [2.24, 2.45) is 0 Å². The van der Waals surface area contributed by atoms with Crippen LogP contribution < -0.4 is 10.1 Å². The first-order chi connectivity index (χ1) is 14.0. The highest BCUT2D eigenvalue weighted by Crippen LogP contribution is 2.20. The van der Waals surface area contributed by atoms with Crippen molar-refractivity contribution in [2.75, 3.05) is 19.4 Å². The van der Waals surface area contributed by atoms with Crippen molar-refractivity contribution in [1.82, 2.24) is 10.2 Å². The molecule has 0 bridgehead atoms. The fraction of sp³-hybridized carbons (Fsp3) is 0.391. The molecule has 0 spiro atoms. The van der Waals surface area contributed by atoms with Gasteiger partial charge in [0.05, 0.1) is 12.9 Å². The van der Waals surface area contributed by atoms with Crippen LogP contribution in [0.1, 0.15) is 32.3 Å². The topological polar surface area (TPSA) is 58.6 Å². The molecule has 6 heteroatoms.